The van der Waals surface area contributed by atoms with Gasteiger partial charge in [-0.1, -0.05) is 0 Å². The smallest absolute Gasteiger partial charge is 0.122 e. The zero-order valence-electron chi connectivity index (χ0n) is 13.1. The van der Waals surface area contributed by atoms with Crippen LogP contribution in [-0.2, 0) is 13.1 Å². The highest BCUT2D eigenvalue weighted by Gasteiger charge is 2.34. The van der Waals surface area contributed by atoms with E-state index in [0.29, 0.717) is 0 Å². The number of hydrogen-bond acceptors (Lipinski definition) is 3. The average molecular weight is 276 g/mol. The highest BCUT2D eigenvalue weighted by Crippen LogP contribution is 2.36. The molecule has 0 unspecified atom stereocenters. The number of hydrogen-bond donors (Lipinski definition) is 1. The van der Waals surface area contributed by atoms with Gasteiger partial charge in [-0.3, -0.25) is 4.90 Å². The van der Waals surface area contributed by atoms with Crippen molar-refractivity contribution in [1.29, 1.82) is 0 Å². The van der Waals surface area contributed by atoms with Gasteiger partial charge in [-0.15, -0.1) is 0 Å². The van der Waals surface area contributed by atoms with E-state index in [2.05, 4.69) is 37.1 Å². The molecule has 1 heterocycles. The summed E-state index contributed by atoms with van der Waals surface area (Å²) in [6, 6.07) is 2.94. The van der Waals surface area contributed by atoms with Crippen molar-refractivity contribution in [2.24, 2.45) is 5.92 Å². The van der Waals surface area contributed by atoms with E-state index < -0.39 is 0 Å². The minimum atomic E-state index is 0.152. The fourth-order valence-electron chi connectivity index (χ4n) is 2.62. The van der Waals surface area contributed by atoms with Gasteiger partial charge in [-0.25, -0.2) is 0 Å². The Hall–Kier alpha value is -0.800. The zero-order valence-corrected chi connectivity index (χ0v) is 13.1. The molecule has 2 aliphatic rings. The van der Waals surface area contributed by atoms with Crippen molar-refractivity contribution in [3.8, 4) is 0 Å². The monoisotopic (exact) mass is 276 g/mol. The van der Waals surface area contributed by atoms with Gasteiger partial charge in [0.15, 0.2) is 0 Å². The van der Waals surface area contributed by atoms with Crippen molar-refractivity contribution in [1.82, 2.24) is 10.2 Å². The van der Waals surface area contributed by atoms with E-state index in [4.69, 9.17) is 4.42 Å². The summed E-state index contributed by atoms with van der Waals surface area (Å²) >= 11 is 0. The van der Waals surface area contributed by atoms with Crippen LogP contribution in [0, 0.1) is 5.92 Å². The first-order valence-electron chi connectivity index (χ1n) is 8.05. The van der Waals surface area contributed by atoms with E-state index in [1.165, 1.54) is 37.8 Å². The summed E-state index contributed by atoms with van der Waals surface area (Å²) in [6.45, 7) is 9.78. The van der Waals surface area contributed by atoms with Crippen molar-refractivity contribution in [2.75, 3.05) is 6.54 Å². The zero-order chi connectivity index (χ0) is 14.2. The van der Waals surface area contributed by atoms with Crippen molar-refractivity contribution in [3.05, 3.63) is 23.7 Å². The van der Waals surface area contributed by atoms with Gasteiger partial charge in [-0.05, 0) is 58.4 Å². The molecular weight excluding hydrogens is 248 g/mol. The second-order valence-electron chi connectivity index (χ2n) is 7.58. The van der Waals surface area contributed by atoms with E-state index in [0.717, 1.165) is 30.8 Å². The second kappa shape index (κ2) is 5.53. The molecule has 0 bridgehead atoms. The van der Waals surface area contributed by atoms with Crippen LogP contribution >= 0.6 is 0 Å². The number of nitrogens with zero attached hydrogens (tertiary/aromatic N) is 1. The SMILES string of the molecule is CC(C)(C)NCc1ccoc1CN(CC1CC1)C1CC1. The fraction of sp³-hybridized carbons (Fsp3) is 0.765. The molecule has 0 radical (unpaired) electrons. The second-order valence-corrected chi connectivity index (χ2v) is 7.58. The minimum Gasteiger partial charge on any atom is -0.468 e. The summed E-state index contributed by atoms with van der Waals surface area (Å²) in [5.41, 5.74) is 1.47. The van der Waals surface area contributed by atoms with Gasteiger partial charge in [0.2, 0.25) is 0 Å². The van der Waals surface area contributed by atoms with Crippen LogP contribution < -0.4 is 5.32 Å². The largest absolute Gasteiger partial charge is 0.468 e. The molecule has 2 saturated carbocycles. The summed E-state index contributed by atoms with van der Waals surface area (Å²) in [6.07, 6.45) is 7.46. The Morgan fingerprint density at radius 1 is 1.25 bits per heavy atom. The quantitative estimate of drug-likeness (QED) is 0.825. The maximum Gasteiger partial charge on any atom is 0.122 e. The minimum absolute atomic E-state index is 0.152. The Kier molecular flexibility index (Phi) is 3.91. The third-order valence-corrected chi connectivity index (χ3v) is 4.25. The van der Waals surface area contributed by atoms with Crippen molar-refractivity contribution < 1.29 is 4.42 Å². The van der Waals surface area contributed by atoms with Gasteiger partial charge in [-0.2, -0.15) is 0 Å². The van der Waals surface area contributed by atoms with Crippen molar-refractivity contribution in [3.63, 3.8) is 0 Å². The molecule has 2 fully saturated rings. The van der Waals surface area contributed by atoms with E-state index in [-0.39, 0.29) is 5.54 Å². The molecule has 0 saturated heterocycles. The summed E-state index contributed by atoms with van der Waals surface area (Å²) < 4.78 is 5.76. The Morgan fingerprint density at radius 3 is 2.60 bits per heavy atom. The molecule has 1 N–H and O–H groups in total. The lowest BCUT2D eigenvalue weighted by Crippen LogP contribution is -2.35. The van der Waals surface area contributed by atoms with Crippen LogP contribution in [0.15, 0.2) is 16.7 Å². The van der Waals surface area contributed by atoms with Gasteiger partial charge >= 0.3 is 0 Å². The van der Waals surface area contributed by atoms with Crippen LogP contribution in [0.5, 0.6) is 0 Å². The first kappa shape index (κ1) is 14.2. The number of furan rings is 1. The predicted octanol–water partition coefficient (Wildman–Crippen LogP) is 3.54. The molecule has 1 aromatic rings. The van der Waals surface area contributed by atoms with Crippen LogP contribution in [0.1, 0.15) is 57.8 Å². The lowest BCUT2D eigenvalue weighted by atomic mass is 10.1. The Labute approximate surface area is 122 Å². The molecular formula is C17H28N2O. The van der Waals surface area contributed by atoms with Crippen molar-refractivity contribution >= 4 is 0 Å². The van der Waals surface area contributed by atoms with Crippen LogP contribution in [0.25, 0.3) is 0 Å². The first-order chi connectivity index (χ1) is 9.51. The first-order valence-corrected chi connectivity index (χ1v) is 8.05. The maximum atomic E-state index is 5.76. The van der Waals surface area contributed by atoms with Crippen LogP contribution in [0.3, 0.4) is 0 Å². The molecule has 3 heteroatoms. The topological polar surface area (TPSA) is 28.4 Å². The molecule has 0 atom stereocenters. The van der Waals surface area contributed by atoms with Gasteiger partial charge in [0.25, 0.3) is 0 Å². The normalized spacial score (nSPS) is 19.8. The van der Waals surface area contributed by atoms with Crippen molar-refractivity contribution in [2.45, 2.75) is 71.1 Å². The molecule has 20 heavy (non-hydrogen) atoms. The molecule has 112 valence electrons. The highest BCUT2D eigenvalue weighted by atomic mass is 16.3. The Bertz CT molecular complexity index is 438. The number of nitrogens with one attached hydrogen (secondary N) is 1. The lowest BCUT2D eigenvalue weighted by Gasteiger charge is -2.23. The molecule has 0 aliphatic heterocycles. The molecule has 3 rings (SSSR count). The van der Waals surface area contributed by atoms with Crippen LogP contribution in [-0.4, -0.2) is 23.0 Å². The number of rotatable bonds is 7. The Balaban J connectivity index is 1.59. The summed E-state index contributed by atoms with van der Waals surface area (Å²) in [7, 11) is 0. The molecule has 1 aromatic heterocycles. The van der Waals surface area contributed by atoms with Crippen LogP contribution in [0.4, 0.5) is 0 Å². The van der Waals surface area contributed by atoms with Gasteiger partial charge in [0.1, 0.15) is 5.76 Å². The van der Waals surface area contributed by atoms with Gasteiger partial charge in [0.05, 0.1) is 12.8 Å². The fourth-order valence-corrected chi connectivity index (χ4v) is 2.62. The van der Waals surface area contributed by atoms with Gasteiger partial charge < -0.3 is 9.73 Å². The third kappa shape index (κ3) is 4.10. The van der Waals surface area contributed by atoms with E-state index in [9.17, 15) is 0 Å². The summed E-state index contributed by atoms with van der Waals surface area (Å²) in [4.78, 5) is 2.65. The van der Waals surface area contributed by atoms with E-state index >= 15 is 0 Å². The van der Waals surface area contributed by atoms with Crippen LogP contribution in [0.2, 0.25) is 0 Å². The Morgan fingerprint density at radius 2 is 2.00 bits per heavy atom. The standard InChI is InChI=1S/C17H28N2O/c1-17(2,3)18-10-14-8-9-20-16(14)12-19(15-6-7-15)11-13-4-5-13/h8-9,13,15,18H,4-7,10-12H2,1-3H3. The molecule has 0 aromatic carbocycles. The summed E-state index contributed by atoms with van der Waals surface area (Å²) in [5, 5.41) is 3.56. The predicted molar refractivity (Wildman–Crippen MR) is 81.5 cm³/mol. The third-order valence-electron chi connectivity index (χ3n) is 4.25. The van der Waals surface area contributed by atoms with E-state index in [1.54, 1.807) is 0 Å². The molecule has 3 nitrogen and oxygen atoms in total. The van der Waals surface area contributed by atoms with Gasteiger partial charge in [0, 0.05) is 30.2 Å². The molecule has 0 amide bonds. The average Bonchev–Trinajstić information content (AvgIpc) is 3.25. The maximum absolute atomic E-state index is 5.76. The summed E-state index contributed by atoms with van der Waals surface area (Å²) in [5.74, 6) is 2.12. The van der Waals surface area contributed by atoms with E-state index in [1.807, 2.05) is 6.26 Å². The molecule has 2 aliphatic carbocycles. The lowest BCUT2D eigenvalue weighted by molar-refractivity contribution is 0.223. The highest BCUT2D eigenvalue weighted by molar-refractivity contribution is 5.17. The molecule has 0 spiro atoms.